The van der Waals surface area contributed by atoms with Crippen LogP contribution >= 0.6 is 23.4 Å². The smallest absolute Gasteiger partial charge is 0.230 e. The largest absolute Gasteiger partial charge is 0.492 e. The normalized spacial score (nSPS) is 10.0. The van der Waals surface area contributed by atoms with Gasteiger partial charge in [-0.3, -0.25) is 4.79 Å². The van der Waals surface area contributed by atoms with Crippen molar-refractivity contribution in [2.24, 2.45) is 0 Å². The van der Waals surface area contributed by atoms with E-state index in [9.17, 15) is 4.79 Å². The van der Waals surface area contributed by atoms with Gasteiger partial charge in [-0.15, -0.1) is 11.8 Å². The van der Waals surface area contributed by atoms with E-state index in [1.807, 2.05) is 12.1 Å². The third-order valence-electron chi connectivity index (χ3n) is 3.09. The molecule has 0 bridgehead atoms. The summed E-state index contributed by atoms with van der Waals surface area (Å²) in [6.07, 6.45) is 0. The molecule has 0 radical (unpaired) electrons. The zero-order valence-electron chi connectivity index (χ0n) is 13.0. The molecule has 0 spiro atoms. The highest BCUT2D eigenvalue weighted by molar-refractivity contribution is 7.99. The van der Waals surface area contributed by atoms with Crippen molar-refractivity contribution < 1.29 is 9.53 Å². The van der Waals surface area contributed by atoms with Gasteiger partial charge in [0.15, 0.2) is 0 Å². The van der Waals surface area contributed by atoms with Crippen LogP contribution in [0, 0.1) is 11.3 Å². The molecule has 4 nitrogen and oxygen atoms in total. The number of nitrogens with one attached hydrogen (secondary N) is 1. The van der Waals surface area contributed by atoms with Crippen LogP contribution in [0.2, 0.25) is 5.02 Å². The summed E-state index contributed by atoms with van der Waals surface area (Å²) in [4.78, 5) is 11.7. The second kappa shape index (κ2) is 9.86. The molecule has 6 heteroatoms. The number of halogens is 1. The first-order valence-electron chi connectivity index (χ1n) is 7.39. The predicted molar refractivity (Wildman–Crippen MR) is 97.3 cm³/mol. The molecule has 0 saturated carbocycles. The maximum Gasteiger partial charge on any atom is 0.230 e. The van der Waals surface area contributed by atoms with Crippen LogP contribution in [0.25, 0.3) is 0 Å². The molecule has 0 heterocycles. The van der Waals surface area contributed by atoms with Gasteiger partial charge in [-0.1, -0.05) is 23.7 Å². The lowest BCUT2D eigenvalue weighted by Gasteiger charge is -2.08. The Morgan fingerprint density at radius 3 is 2.54 bits per heavy atom. The highest BCUT2D eigenvalue weighted by Gasteiger charge is 2.02. The third-order valence-corrected chi connectivity index (χ3v) is 4.35. The van der Waals surface area contributed by atoms with Gasteiger partial charge < -0.3 is 10.1 Å². The summed E-state index contributed by atoms with van der Waals surface area (Å²) in [5.41, 5.74) is 1.74. The van der Waals surface area contributed by atoms with Gasteiger partial charge in [0.2, 0.25) is 5.91 Å². The molecule has 0 aliphatic carbocycles. The number of hydrogen-bond acceptors (Lipinski definition) is 4. The Labute approximate surface area is 150 Å². The third kappa shape index (κ3) is 6.53. The quantitative estimate of drug-likeness (QED) is 0.730. The number of rotatable bonds is 8. The van der Waals surface area contributed by atoms with Crippen molar-refractivity contribution in [3.8, 4) is 11.8 Å². The molecule has 0 saturated heterocycles. The second-order valence-electron chi connectivity index (χ2n) is 4.95. The molecule has 2 aromatic carbocycles. The van der Waals surface area contributed by atoms with Gasteiger partial charge in [0.25, 0.3) is 0 Å². The Morgan fingerprint density at radius 2 is 1.88 bits per heavy atom. The van der Waals surface area contributed by atoms with E-state index in [-0.39, 0.29) is 5.91 Å². The van der Waals surface area contributed by atoms with Gasteiger partial charge in [-0.25, -0.2) is 0 Å². The molecule has 1 N–H and O–H groups in total. The Kier molecular flexibility index (Phi) is 7.47. The Hall–Kier alpha value is -2.16. The summed E-state index contributed by atoms with van der Waals surface area (Å²) in [7, 11) is 0. The van der Waals surface area contributed by atoms with Gasteiger partial charge in [0, 0.05) is 10.8 Å². The molecule has 2 rings (SSSR count). The average Bonchev–Trinajstić information content (AvgIpc) is 2.61. The fourth-order valence-electron chi connectivity index (χ4n) is 1.88. The SMILES string of the molecule is N#Cc1ccc(CSCC(=O)NCCOc2ccc(Cl)cc2)cc1. The predicted octanol–water partition coefficient (Wildman–Crippen LogP) is 3.64. The molecule has 0 fully saturated rings. The number of ether oxygens (including phenoxy) is 1. The highest BCUT2D eigenvalue weighted by atomic mass is 35.5. The van der Waals surface area contributed by atoms with E-state index in [0.29, 0.717) is 29.5 Å². The van der Waals surface area contributed by atoms with Crippen LogP contribution in [0.4, 0.5) is 0 Å². The summed E-state index contributed by atoms with van der Waals surface area (Å²) in [5.74, 6) is 1.83. The lowest BCUT2D eigenvalue weighted by molar-refractivity contribution is -0.118. The van der Waals surface area contributed by atoms with Gasteiger partial charge in [0.05, 0.1) is 23.9 Å². The Bertz CT molecular complexity index is 696. The first-order valence-corrected chi connectivity index (χ1v) is 8.92. The summed E-state index contributed by atoms with van der Waals surface area (Å²) >= 11 is 7.33. The molecule has 124 valence electrons. The first-order chi connectivity index (χ1) is 11.7. The number of hydrogen-bond donors (Lipinski definition) is 1. The fourth-order valence-corrected chi connectivity index (χ4v) is 2.82. The van der Waals surface area contributed by atoms with Crippen LogP contribution in [0.5, 0.6) is 5.75 Å². The molecular weight excluding hydrogens is 344 g/mol. The number of nitriles is 1. The Morgan fingerprint density at radius 1 is 1.17 bits per heavy atom. The van der Waals surface area contributed by atoms with Crippen LogP contribution in [0.15, 0.2) is 48.5 Å². The van der Waals surface area contributed by atoms with E-state index in [4.69, 9.17) is 21.6 Å². The van der Waals surface area contributed by atoms with E-state index in [1.165, 1.54) is 11.8 Å². The Balaban J connectivity index is 1.57. The molecule has 0 unspecified atom stereocenters. The van der Waals surface area contributed by atoms with Gasteiger partial charge in [0.1, 0.15) is 12.4 Å². The molecule has 2 aromatic rings. The highest BCUT2D eigenvalue weighted by Crippen LogP contribution is 2.15. The summed E-state index contributed by atoms with van der Waals surface area (Å²) in [6, 6.07) is 16.6. The maximum absolute atomic E-state index is 11.7. The minimum Gasteiger partial charge on any atom is -0.492 e. The zero-order valence-corrected chi connectivity index (χ0v) is 14.6. The monoisotopic (exact) mass is 360 g/mol. The number of amides is 1. The number of nitrogens with zero attached hydrogens (tertiary/aromatic N) is 1. The van der Waals surface area contributed by atoms with Crippen molar-refractivity contribution in [1.29, 1.82) is 5.26 Å². The van der Waals surface area contributed by atoms with Crippen LogP contribution in [-0.2, 0) is 10.5 Å². The molecule has 1 amide bonds. The summed E-state index contributed by atoms with van der Waals surface area (Å²) < 4.78 is 5.50. The van der Waals surface area contributed by atoms with E-state index >= 15 is 0 Å². The molecule has 0 aliphatic rings. The molecule has 0 aliphatic heterocycles. The topological polar surface area (TPSA) is 62.1 Å². The molecular formula is C18H17ClN2O2S. The molecule has 0 aromatic heterocycles. The van der Waals surface area contributed by atoms with E-state index in [2.05, 4.69) is 11.4 Å². The van der Waals surface area contributed by atoms with Crippen molar-refractivity contribution in [3.63, 3.8) is 0 Å². The van der Waals surface area contributed by atoms with Crippen molar-refractivity contribution in [1.82, 2.24) is 5.32 Å². The number of carbonyl (C=O) groups is 1. The lowest BCUT2D eigenvalue weighted by atomic mass is 10.2. The van der Waals surface area contributed by atoms with E-state index < -0.39 is 0 Å². The number of benzene rings is 2. The van der Waals surface area contributed by atoms with Crippen molar-refractivity contribution >= 4 is 29.3 Å². The lowest BCUT2D eigenvalue weighted by Crippen LogP contribution is -2.29. The summed E-state index contributed by atoms with van der Waals surface area (Å²) in [6.45, 7) is 0.868. The maximum atomic E-state index is 11.7. The minimum absolute atomic E-state index is 0.0200. The fraction of sp³-hybridized carbons (Fsp3) is 0.222. The van der Waals surface area contributed by atoms with Crippen LogP contribution in [0.1, 0.15) is 11.1 Å². The van der Waals surface area contributed by atoms with Crippen LogP contribution < -0.4 is 10.1 Å². The van der Waals surface area contributed by atoms with Crippen molar-refractivity contribution in [3.05, 3.63) is 64.7 Å². The standard InChI is InChI=1S/C18H17ClN2O2S/c19-16-5-7-17(8-6-16)23-10-9-21-18(22)13-24-12-15-3-1-14(11-20)2-4-15/h1-8H,9-10,12-13H2,(H,21,22). The van der Waals surface area contributed by atoms with Gasteiger partial charge >= 0.3 is 0 Å². The zero-order chi connectivity index (χ0) is 17.2. The van der Waals surface area contributed by atoms with Gasteiger partial charge in [-0.05, 0) is 42.0 Å². The summed E-state index contributed by atoms with van der Waals surface area (Å²) in [5, 5.41) is 12.2. The number of carbonyl (C=O) groups excluding carboxylic acids is 1. The minimum atomic E-state index is -0.0200. The number of thioether (sulfide) groups is 1. The molecule has 24 heavy (non-hydrogen) atoms. The second-order valence-corrected chi connectivity index (χ2v) is 6.38. The molecule has 0 atom stereocenters. The van der Waals surface area contributed by atoms with Crippen molar-refractivity contribution in [2.45, 2.75) is 5.75 Å². The van der Waals surface area contributed by atoms with Crippen LogP contribution in [0.3, 0.4) is 0 Å². The van der Waals surface area contributed by atoms with Crippen LogP contribution in [-0.4, -0.2) is 24.8 Å². The van der Waals surface area contributed by atoms with Crippen molar-refractivity contribution in [2.75, 3.05) is 18.9 Å². The van der Waals surface area contributed by atoms with E-state index in [0.717, 1.165) is 17.1 Å². The average molecular weight is 361 g/mol. The van der Waals surface area contributed by atoms with E-state index in [1.54, 1.807) is 36.4 Å². The van der Waals surface area contributed by atoms with Gasteiger partial charge in [-0.2, -0.15) is 5.26 Å². The first kappa shape index (κ1) is 18.2.